The van der Waals surface area contributed by atoms with Gasteiger partial charge in [0.1, 0.15) is 11.9 Å². The molecule has 0 bridgehead atoms. The maximum Gasteiger partial charge on any atom is 0.227 e. The van der Waals surface area contributed by atoms with E-state index in [-0.39, 0.29) is 23.8 Å². The van der Waals surface area contributed by atoms with Gasteiger partial charge < -0.3 is 15.0 Å². The van der Waals surface area contributed by atoms with Gasteiger partial charge in [0.15, 0.2) is 0 Å². The standard InChI is InChI=1S/C15H19N3O3/c19-14-2-1-11(9-17-14)15(20)18-8-5-13(10-18)21-12-3-6-16-7-4-12/h3-4,6-7,11,13H,1-2,5,8-10H2,(H,17,19). The molecule has 6 nitrogen and oxygen atoms in total. The molecule has 2 unspecified atom stereocenters. The van der Waals surface area contributed by atoms with Crippen molar-refractivity contribution in [3.63, 3.8) is 0 Å². The predicted molar refractivity (Wildman–Crippen MR) is 75.6 cm³/mol. The number of nitrogens with zero attached hydrogens (tertiary/aromatic N) is 2. The summed E-state index contributed by atoms with van der Waals surface area (Å²) in [7, 11) is 0. The Morgan fingerprint density at radius 2 is 2.14 bits per heavy atom. The second kappa shape index (κ2) is 6.11. The third kappa shape index (κ3) is 3.32. The molecule has 2 saturated heterocycles. The summed E-state index contributed by atoms with van der Waals surface area (Å²) in [5.74, 6) is 0.881. The number of ether oxygens (including phenoxy) is 1. The van der Waals surface area contributed by atoms with Gasteiger partial charge in [0.25, 0.3) is 0 Å². The molecule has 0 aromatic carbocycles. The summed E-state index contributed by atoms with van der Waals surface area (Å²) in [6, 6.07) is 3.64. The highest BCUT2D eigenvalue weighted by Gasteiger charge is 2.33. The van der Waals surface area contributed by atoms with Crippen molar-refractivity contribution in [1.82, 2.24) is 15.2 Å². The molecule has 2 fully saturated rings. The summed E-state index contributed by atoms with van der Waals surface area (Å²) in [6.45, 7) is 1.80. The maximum atomic E-state index is 12.4. The molecule has 3 rings (SSSR count). The van der Waals surface area contributed by atoms with E-state index in [0.29, 0.717) is 25.9 Å². The van der Waals surface area contributed by atoms with E-state index in [1.807, 2.05) is 17.0 Å². The Labute approximate surface area is 123 Å². The van der Waals surface area contributed by atoms with E-state index in [0.717, 1.165) is 18.7 Å². The molecule has 112 valence electrons. The van der Waals surface area contributed by atoms with Crippen molar-refractivity contribution in [2.45, 2.75) is 25.4 Å². The van der Waals surface area contributed by atoms with Crippen LogP contribution in [-0.4, -0.2) is 47.4 Å². The number of aromatic nitrogens is 1. The molecule has 6 heteroatoms. The van der Waals surface area contributed by atoms with Crippen LogP contribution < -0.4 is 10.1 Å². The molecule has 2 amide bonds. The summed E-state index contributed by atoms with van der Waals surface area (Å²) >= 11 is 0. The SMILES string of the molecule is O=C1CCC(C(=O)N2CCC(Oc3ccncc3)C2)CN1. The molecule has 21 heavy (non-hydrogen) atoms. The Bertz CT molecular complexity index is 510. The van der Waals surface area contributed by atoms with Crippen LogP contribution in [0.25, 0.3) is 0 Å². The van der Waals surface area contributed by atoms with Crippen molar-refractivity contribution in [1.29, 1.82) is 0 Å². The van der Waals surface area contributed by atoms with Crippen molar-refractivity contribution in [2.75, 3.05) is 19.6 Å². The highest BCUT2D eigenvalue weighted by molar-refractivity contribution is 5.84. The van der Waals surface area contributed by atoms with Crippen LogP contribution in [0.2, 0.25) is 0 Å². The number of pyridine rings is 1. The van der Waals surface area contributed by atoms with E-state index >= 15 is 0 Å². The van der Waals surface area contributed by atoms with Crippen LogP contribution in [0.5, 0.6) is 5.75 Å². The lowest BCUT2D eigenvalue weighted by Crippen LogP contribution is -2.44. The van der Waals surface area contributed by atoms with Crippen LogP contribution in [0, 0.1) is 5.92 Å². The topological polar surface area (TPSA) is 71.5 Å². The van der Waals surface area contributed by atoms with Gasteiger partial charge in [-0.1, -0.05) is 0 Å². The molecule has 0 spiro atoms. The van der Waals surface area contributed by atoms with Crippen LogP contribution in [0.4, 0.5) is 0 Å². The number of nitrogens with one attached hydrogen (secondary N) is 1. The molecule has 2 aliphatic rings. The van der Waals surface area contributed by atoms with E-state index in [1.54, 1.807) is 12.4 Å². The van der Waals surface area contributed by atoms with Crippen molar-refractivity contribution >= 4 is 11.8 Å². The van der Waals surface area contributed by atoms with Crippen LogP contribution >= 0.6 is 0 Å². The van der Waals surface area contributed by atoms with E-state index in [9.17, 15) is 9.59 Å². The van der Waals surface area contributed by atoms with Crippen molar-refractivity contribution in [3.05, 3.63) is 24.5 Å². The molecule has 1 aromatic heterocycles. The number of carbonyl (C=O) groups is 2. The molecular formula is C15H19N3O3. The number of hydrogen-bond donors (Lipinski definition) is 1. The van der Waals surface area contributed by atoms with Crippen LogP contribution in [0.3, 0.4) is 0 Å². The van der Waals surface area contributed by atoms with Gasteiger partial charge in [0.2, 0.25) is 11.8 Å². The summed E-state index contributed by atoms with van der Waals surface area (Å²) in [5.41, 5.74) is 0. The number of rotatable bonds is 3. The fourth-order valence-corrected chi connectivity index (χ4v) is 2.84. The number of piperidine rings is 1. The lowest BCUT2D eigenvalue weighted by molar-refractivity contribution is -0.136. The fraction of sp³-hybridized carbons (Fsp3) is 0.533. The molecule has 0 aliphatic carbocycles. The van der Waals surface area contributed by atoms with E-state index < -0.39 is 0 Å². The zero-order chi connectivity index (χ0) is 14.7. The highest BCUT2D eigenvalue weighted by atomic mass is 16.5. The third-order valence-corrected chi connectivity index (χ3v) is 4.02. The Morgan fingerprint density at radius 3 is 2.86 bits per heavy atom. The average Bonchev–Trinajstić information content (AvgIpc) is 2.97. The number of carbonyl (C=O) groups excluding carboxylic acids is 2. The van der Waals surface area contributed by atoms with Gasteiger partial charge in [0, 0.05) is 38.3 Å². The monoisotopic (exact) mass is 289 g/mol. The van der Waals surface area contributed by atoms with Gasteiger partial charge in [-0.15, -0.1) is 0 Å². The van der Waals surface area contributed by atoms with Crippen molar-refractivity contribution in [3.8, 4) is 5.75 Å². The van der Waals surface area contributed by atoms with E-state index in [4.69, 9.17) is 4.74 Å². The second-order valence-electron chi connectivity index (χ2n) is 5.54. The minimum atomic E-state index is -0.0811. The number of amides is 2. The molecule has 0 saturated carbocycles. The summed E-state index contributed by atoms with van der Waals surface area (Å²) in [4.78, 5) is 29.4. The minimum absolute atomic E-state index is 0.0366. The highest BCUT2D eigenvalue weighted by Crippen LogP contribution is 2.21. The largest absolute Gasteiger partial charge is 0.488 e. The first-order valence-corrected chi connectivity index (χ1v) is 7.34. The van der Waals surface area contributed by atoms with Crippen molar-refractivity contribution < 1.29 is 14.3 Å². The minimum Gasteiger partial charge on any atom is -0.488 e. The molecule has 0 radical (unpaired) electrons. The van der Waals surface area contributed by atoms with E-state index in [1.165, 1.54) is 0 Å². The third-order valence-electron chi connectivity index (χ3n) is 4.02. The zero-order valence-electron chi connectivity index (χ0n) is 11.8. The van der Waals surface area contributed by atoms with Gasteiger partial charge in [-0.3, -0.25) is 14.6 Å². The molecule has 2 aliphatic heterocycles. The summed E-state index contributed by atoms with van der Waals surface area (Å²) in [5, 5.41) is 2.76. The Hall–Kier alpha value is -2.11. The van der Waals surface area contributed by atoms with E-state index in [2.05, 4.69) is 10.3 Å². The summed E-state index contributed by atoms with van der Waals surface area (Å²) < 4.78 is 5.86. The Morgan fingerprint density at radius 1 is 1.33 bits per heavy atom. The fourth-order valence-electron chi connectivity index (χ4n) is 2.84. The van der Waals surface area contributed by atoms with Gasteiger partial charge in [-0.25, -0.2) is 0 Å². The van der Waals surface area contributed by atoms with Crippen LogP contribution in [0.1, 0.15) is 19.3 Å². The van der Waals surface area contributed by atoms with Crippen molar-refractivity contribution in [2.24, 2.45) is 5.92 Å². The van der Waals surface area contributed by atoms with Crippen LogP contribution in [-0.2, 0) is 9.59 Å². The lowest BCUT2D eigenvalue weighted by atomic mass is 9.98. The lowest BCUT2D eigenvalue weighted by Gasteiger charge is -2.26. The smallest absolute Gasteiger partial charge is 0.227 e. The van der Waals surface area contributed by atoms with Gasteiger partial charge in [0.05, 0.1) is 12.5 Å². The molecule has 1 N–H and O–H groups in total. The maximum absolute atomic E-state index is 12.4. The zero-order valence-corrected chi connectivity index (χ0v) is 11.8. The number of likely N-dealkylation sites (tertiary alicyclic amines) is 1. The average molecular weight is 289 g/mol. The molecule has 2 atom stereocenters. The Kier molecular flexibility index (Phi) is 4.03. The molecule has 3 heterocycles. The predicted octanol–water partition coefficient (Wildman–Crippen LogP) is 0.587. The van der Waals surface area contributed by atoms with Gasteiger partial charge in [-0.05, 0) is 18.6 Å². The quantitative estimate of drug-likeness (QED) is 0.884. The molecular weight excluding hydrogens is 270 g/mol. The number of hydrogen-bond acceptors (Lipinski definition) is 4. The first kappa shape index (κ1) is 13.9. The molecule has 1 aromatic rings. The van der Waals surface area contributed by atoms with Crippen LogP contribution in [0.15, 0.2) is 24.5 Å². The normalized spacial score (nSPS) is 25.5. The Balaban J connectivity index is 1.52. The second-order valence-corrected chi connectivity index (χ2v) is 5.54. The van der Waals surface area contributed by atoms with Gasteiger partial charge >= 0.3 is 0 Å². The first-order chi connectivity index (χ1) is 10.2. The van der Waals surface area contributed by atoms with Gasteiger partial charge in [-0.2, -0.15) is 0 Å². The first-order valence-electron chi connectivity index (χ1n) is 7.34. The summed E-state index contributed by atoms with van der Waals surface area (Å²) in [6.07, 6.45) is 5.36.